The predicted molar refractivity (Wildman–Crippen MR) is 92.5 cm³/mol. The Hall–Kier alpha value is -1.74. The van der Waals surface area contributed by atoms with Gasteiger partial charge in [0.15, 0.2) is 0 Å². The third kappa shape index (κ3) is 3.84. The van der Waals surface area contributed by atoms with Crippen LogP contribution in [0.15, 0.2) is 58.3 Å². The minimum absolute atomic E-state index is 0.0603. The summed E-state index contributed by atoms with van der Waals surface area (Å²) in [6.45, 7) is 2.12. The van der Waals surface area contributed by atoms with E-state index in [-0.39, 0.29) is 16.3 Å². The van der Waals surface area contributed by atoms with E-state index in [1.807, 2.05) is 31.2 Å². The summed E-state index contributed by atoms with van der Waals surface area (Å²) in [4.78, 5) is -0.148. The van der Waals surface area contributed by atoms with Gasteiger partial charge in [-0.1, -0.05) is 30.3 Å². The largest absolute Gasteiger partial charge is 0.243 e. The topological polar surface area (TPSA) is 83.5 Å². The monoisotopic (exact) mass is 368 g/mol. The zero-order valence-electron chi connectivity index (χ0n) is 13.7. The summed E-state index contributed by atoms with van der Waals surface area (Å²) in [6.07, 6.45) is 0. The number of benzene rings is 2. The lowest BCUT2D eigenvalue weighted by Crippen LogP contribution is -2.27. The molecule has 0 aliphatic carbocycles. The Kier molecular flexibility index (Phi) is 5.44. The van der Waals surface area contributed by atoms with Crippen LogP contribution in [0, 0.1) is 6.92 Å². The zero-order valence-corrected chi connectivity index (χ0v) is 15.4. The van der Waals surface area contributed by atoms with Crippen molar-refractivity contribution in [3.8, 4) is 0 Å². The van der Waals surface area contributed by atoms with Crippen molar-refractivity contribution in [3.05, 3.63) is 59.7 Å². The number of nitrogens with one attached hydrogen (secondary N) is 1. The van der Waals surface area contributed by atoms with E-state index in [1.54, 1.807) is 0 Å². The van der Waals surface area contributed by atoms with Gasteiger partial charge in [0.1, 0.15) is 0 Å². The van der Waals surface area contributed by atoms with Crippen LogP contribution in [0.4, 0.5) is 0 Å². The molecule has 0 aliphatic rings. The average molecular weight is 368 g/mol. The fourth-order valence-electron chi connectivity index (χ4n) is 2.21. The van der Waals surface area contributed by atoms with Gasteiger partial charge in [-0.25, -0.2) is 21.6 Å². The van der Waals surface area contributed by atoms with Crippen LogP contribution in [-0.4, -0.2) is 35.2 Å². The Labute approximate surface area is 143 Å². The second kappa shape index (κ2) is 7.02. The van der Waals surface area contributed by atoms with Crippen LogP contribution in [0.25, 0.3) is 0 Å². The van der Waals surface area contributed by atoms with Crippen molar-refractivity contribution in [1.29, 1.82) is 0 Å². The van der Waals surface area contributed by atoms with Crippen LogP contribution < -0.4 is 4.72 Å². The highest BCUT2D eigenvalue weighted by Crippen LogP contribution is 2.21. The number of rotatable bonds is 6. The molecular weight excluding hydrogens is 348 g/mol. The highest BCUT2D eigenvalue weighted by atomic mass is 32.2. The standard InChI is InChI=1S/C16H20N2O4S2/c1-13-7-4-5-8-14(13)12-18(3)24(21,22)16-10-6-9-15(11-16)23(19,20)17-2/h4-11,17H,12H2,1-3H3. The molecule has 0 amide bonds. The van der Waals surface area contributed by atoms with Gasteiger partial charge >= 0.3 is 0 Å². The average Bonchev–Trinajstić information content (AvgIpc) is 2.57. The van der Waals surface area contributed by atoms with E-state index in [4.69, 9.17) is 0 Å². The maximum Gasteiger partial charge on any atom is 0.243 e. The molecule has 0 radical (unpaired) electrons. The molecular formula is C16H20N2O4S2. The molecule has 0 bridgehead atoms. The van der Waals surface area contributed by atoms with Crippen LogP contribution in [0.1, 0.15) is 11.1 Å². The third-order valence-corrected chi connectivity index (χ3v) is 6.96. The minimum Gasteiger partial charge on any atom is -0.214 e. The number of aryl methyl sites for hydroxylation is 1. The SMILES string of the molecule is CNS(=O)(=O)c1cccc(S(=O)(=O)N(C)Cc2ccccc2C)c1. The molecule has 8 heteroatoms. The van der Waals surface area contributed by atoms with Crippen molar-refractivity contribution in [2.45, 2.75) is 23.3 Å². The van der Waals surface area contributed by atoms with Gasteiger partial charge in [0.05, 0.1) is 9.79 Å². The molecule has 130 valence electrons. The van der Waals surface area contributed by atoms with E-state index in [2.05, 4.69) is 4.72 Å². The zero-order chi connectivity index (χ0) is 18.0. The van der Waals surface area contributed by atoms with Gasteiger partial charge in [0.2, 0.25) is 20.0 Å². The highest BCUT2D eigenvalue weighted by Gasteiger charge is 2.23. The van der Waals surface area contributed by atoms with Crippen molar-refractivity contribution in [1.82, 2.24) is 9.03 Å². The number of hydrogen-bond donors (Lipinski definition) is 1. The molecule has 0 atom stereocenters. The van der Waals surface area contributed by atoms with Gasteiger partial charge in [-0.05, 0) is 43.3 Å². The molecule has 0 aliphatic heterocycles. The molecule has 1 N–H and O–H groups in total. The lowest BCUT2D eigenvalue weighted by molar-refractivity contribution is 0.466. The van der Waals surface area contributed by atoms with Gasteiger partial charge < -0.3 is 0 Å². The van der Waals surface area contributed by atoms with Crippen LogP contribution >= 0.6 is 0 Å². The Balaban J connectivity index is 2.37. The van der Waals surface area contributed by atoms with Crippen LogP contribution in [0.5, 0.6) is 0 Å². The molecule has 2 aromatic rings. The van der Waals surface area contributed by atoms with E-state index in [9.17, 15) is 16.8 Å². The summed E-state index contributed by atoms with van der Waals surface area (Å²) in [7, 11) is -4.76. The molecule has 2 aromatic carbocycles. The van der Waals surface area contributed by atoms with Crippen LogP contribution in [0.3, 0.4) is 0 Å². The molecule has 2 rings (SSSR count). The predicted octanol–water partition coefficient (Wildman–Crippen LogP) is 1.72. The Morgan fingerprint density at radius 3 is 2.21 bits per heavy atom. The fourth-order valence-corrected chi connectivity index (χ4v) is 4.26. The second-order valence-electron chi connectivity index (χ2n) is 5.37. The number of hydrogen-bond acceptors (Lipinski definition) is 4. The van der Waals surface area contributed by atoms with E-state index in [0.717, 1.165) is 17.2 Å². The molecule has 0 aromatic heterocycles. The molecule has 0 saturated heterocycles. The van der Waals surface area contributed by atoms with E-state index in [0.29, 0.717) is 0 Å². The molecule has 0 heterocycles. The summed E-state index contributed by atoms with van der Waals surface area (Å²) in [5.74, 6) is 0. The summed E-state index contributed by atoms with van der Waals surface area (Å²) >= 11 is 0. The van der Waals surface area contributed by atoms with Crippen molar-refractivity contribution in [2.75, 3.05) is 14.1 Å². The van der Waals surface area contributed by atoms with E-state index < -0.39 is 20.0 Å². The molecule has 0 saturated carbocycles. The molecule has 24 heavy (non-hydrogen) atoms. The Morgan fingerprint density at radius 1 is 0.958 bits per heavy atom. The Morgan fingerprint density at radius 2 is 1.58 bits per heavy atom. The molecule has 0 unspecified atom stereocenters. The second-order valence-corrected chi connectivity index (χ2v) is 9.30. The summed E-state index contributed by atoms with van der Waals surface area (Å²) in [6, 6.07) is 12.8. The molecule has 0 fully saturated rings. The summed E-state index contributed by atoms with van der Waals surface area (Å²) in [5.41, 5.74) is 1.88. The first-order valence-electron chi connectivity index (χ1n) is 7.23. The van der Waals surface area contributed by atoms with E-state index >= 15 is 0 Å². The summed E-state index contributed by atoms with van der Waals surface area (Å²) in [5, 5.41) is 0. The van der Waals surface area contributed by atoms with Gasteiger partial charge in [-0.2, -0.15) is 4.31 Å². The van der Waals surface area contributed by atoms with Gasteiger partial charge in [-0.15, -0.1) is 0 Å². The molecule has 0 spiro atoms. The van der Waals surface area contributed by atoms with Gasteiger partial charge in [-0.3, -0.25) is 0 Å². The van der Waals surface area contributed by atoms with Gasteiger partial charge in [0, 0.05) is 13.6 Å². The van der Waals surface area contributed by atoms with E-state index in [1.165, 1.54) is 36.6 Å². The number of nitrogens with zero attached hydrogens (tertiary/aromatic N) is 1. The normalized spacial score (nSPS) is 12.5. The highest BCUT2D eigenvalue weighted by molar-refractivity contribution is 7.90. The van der Waals surface area contributed by atoms with Gasteiger partial charge in [0.25, 0.3) is 0 Å². The van der Waals surface area contributed by atoms with Crippen molar-refractivity contribution in [3.63, 3.8) is 0 Å². The van der Waals surface area contributed by atoms with Crippen molar-refractivity contribution >= 4 is 20.0 Å². The first-order chi connectivity index (χ1) is 11.2. The Bertz CT molecular complexity index is 938. The first-order valence-corrected chi connectivity index (χ1v) is 10.2. The smallest absolute Gasteiger partial charge is 0.214 e. The van der Waals surface area contributed by atoms with Crippen LogP contribution in [-0.2, 0) is 26.6 Å². The maximum absolute atomic E-state index is 12.7. The van der Waals surface area contributed by atoms with Crippen LogP contribution in [0.2, 0.25) is 0 Å². The number of sulfonamides is 2. The first kappa shape index (κ1) is 18.6. The summed E-state index contributed by atoms with van der Waals surface area (Å²) < 4.78 is 52.6. The fraction of sp³-hybridized carbons (Fsp3) is 0.250. The van der Waals surface area contributed by atoms with Crippen molar-refractivity contribution < 1.29 is 16.8 Å². The lowest BCUT2D eigenvalue weighted by Gasteiger charge is -2.19. The lowest BCUT2D eigenvalue weighted by atomic mass is 10.1. The van der Waals surface area contributed by atoms with Crippen molar-refractivity contribution in [2.24, 2.45) is 0 Å². The maximum atomic E-state index is 12.7. The third-order valence-electron chi connectivity index (χ3n) is 3.75. The molecule has 6 nitrogen and oxygen atoms in total. The minimum atomic E-state index is -3.80. The quantitative estimate of drug-likeness (QED) is 0.842.